The molecule has 2 N–H and O–H groups in total. The third-order valence-corrected chi connectivity index (χ3v) is 9.79. The molecule has 54 heavy (non-hydrogen) atoms. The molecule has 2 amide bonds. The first-order valence-corrected chi connectivity index (χ1v) is 18.6. The van der Waals surface area contributed by atoms with Crippen LogP contribution in [0.5, 0.6) is 11.5 Å². The molecule has 6 heterocycles. The summed E-state index contributed by atoms with van der Waals surface area (Å²) < 4.78 is 12.4. The number of likely N-dealkylation sites (tertiary alicyclic amines) is 2. The summed E-state index contributed by atoms with van der Waals surface area (Å²) in [4.78, 5) is 50.3. The Morgan fingerprint density at radius 3 is 1.41 bits per heavy atom. The zero-order valence-electron chi connectivity index (χ0n) is 30.0. The minimum absolute atomic E-state index is 0.174. The van der Waals surface area contributed by atoms with Crippen LogP contribution in [0.1, 0.15) is 46.7 Å². The van der Waals surface area contributed by atoms with Crippen molar-refractivity contribution in [2.75, 3.05) is 63.1 Å². The first-order valence-electron chi connectivity index (χ1n) is 18.6. The van der Waals surface area contributed by atoms with Crippen molar-refractivity contribution in [1.82, 2.24) is 29.7 Å². The monoisotopic (exact) mass is 722 g/mol. The molecule has 0 unspecified atom stereocenters. The third kappa shape index (κ3) is 8.30. The summed E-state index contributed by atoms with van der Waals surface area (Å²) in [7, 11) is 0. The van der Waals surface area contributed by atoms with Crippen LogP contribution >= 0.6 is 0 Å². The van der Waals surface area contributed by atoms with Crippen LogP contribution in [0.3, 0.4) is 0 Å². The van der Waals surface area contributed by atoms with Crippen molar-refractivity contribution >= 4 is 45.3 Å². The van der Waals surface area contributed by atoms with Gasteiger partial charge in [0, 0.05) is 36.0 Å². The molecule has 0 saturated carbocycles. The van der Waals surface area contributed by atoms with Crippen LogP contribution in [0.15, 0.2) is 97.1 Å². The molecular formula is C42H42N8O4. The first-order chi connectivity index (χ1) is 26.6. The number of fused-ring (bicyclic) bond motifs is 2. The van der Waals surface area contributed by atoms with E-state index in [0.29, 0.717) is 58.8 Å². The number of nitrogens with one attached hydrogen (secondary N) is 2. The van der Waals surface area contributed by atoms with E-state index in [9.17, 15) is 9.59 Å². The van der Waals surface area contributed by atoms with Crippen LogP contribution in [-0.2, 0) is 0 Å². The molecule has 0 atom stereocenters. The Kier molecular flexibility index (Phi) is 10.6. The number of hydrogen-bond acceptors (Lipinski definition) is 10. The van der Waals surface area contributed by atoms with E-state index in [1.54, 1.807) is 48.5 Å². The molecule has 0 spiro atoms. The highest BCUT2D eigenvalue weighted by molar-refractivity contribution is 6.04. The molecule has 0 radical (unpaired) electrons. The highest BCUT2D eigenvalue weighted by atomic mass is 16.5. The van der Waals surface area contributed by atoms with Gasteiger partial charge in [-0.05, 0) is 100 Å². The number of carbonyl (C=O) groups is 2. The molecule has 8 rings (SSSR count). The molecule has 2 aromatic carbocycles. The first kappa shape index (κ1) is 35.1. The van der Waals surface area contributed by atoms with Crippen molar-refractivity contribution in [1.29, 1.82) is 0 Å². The van der Waals surface area contributed by atoms with Gasteiger partial charge in [-0.1, -0.05) is 36.4 Å². The van der Waals surface area contributed by atoms with Gasteiger partial charge in [-0.2, -0.15) is 0 Å². The molecule has 274 valence electrons. The van der Waals surface area contributed by atoms with Crippen LogP contribution in [0.2, 0.25) is 0 Å². The summed E-state index contributed by atoms with van der Waals surface area (Å²) in [5, 5.41) is 7.55. The number of nitrogens with zero attached hydrogens (tertiary/aromatic N) is 6. The molecule has 12 nitrogen and oxygen atoms in total. The fraction of sp³-hybridized carbons (Fsp3) is 0.286. The van der Waals surface area contributed by atoms with E-state index in [0.717, 1.165) is 50.0 Å². The number of carbonyl (C=O) groups excluding carboxylic acids is 2. The molecule has 2 aliphatic rings. The Labute approximate surface area is 313 Å². The number of para-hydroxylation sites is 2. The lowest BCUT2D eigenvalue weighted by Gasteiger charge is -2.16. The second-order valence-electron chi connectivity index (χ2n) is 13.6. The van der Waals surface area contributed by atoms with E-state index in [2.05, 4.69) is 40.4 Å². The average Bonchev–Trinajstić information content (AvgIpc) is 3.93. The summed E-state index contributed by atoms with van der Waals surface area (Å²) >= 11 is 0. The summed E-state index contributed by atoms with van der Waals surface area (Å²) in [6.07, 6.45) is 4.89. The Bertz CT molecular complexity index is 2130. The third-order valence-electron chi connectivity index (χ3n) is 9.79. The number of amides is 2. The van der Waals surface area contributed by atoms with E-state index in [1.165, 1.54) is 25.7 Å². The van der Waals surface area contributed by atoms with E-state index in [-0.39, 0.29) is 11.4 Å². The maximum absolute atomic E-state index is 13.5. The molecular weight excluding hydrogens is 681 g/mol. The number of hydrogen-bond donors (Lipinski definition) is 2. The molecule has 0 bridgehead atoms. The van der Waals surface area contributed by atoms with Gasteiger partial charge in [0.25, 0.3) is 11.8 Å². The van der Waals surface area contributed by atoms with Gasteiger partial charge < -0.3 is 20.1 Å². The van der Waals surface area contributed by atoms with E-state index < -0.39 is 11.8 Å². The molecule has 6 aromatic rings. The lowest BCUT2D eigenvalue weighted by Crippen LogP contribution is -2.25. The van der Waals surface area contributed by atoms with Gasteiger partial charge in [0.2, 0.25) is 0 Å². The molecule has 2 saturated heterocycles. The SMILES string of the molecule is O=C(Nc1cc(OCCN2CCCC2)c2ccccc2n1)c1cccc(-c2cccc(C(=O)Nc3cc(OCCN4CCCC4)c4ccccc4n3)n2)n1. The van der Waals surface area contributed by atoms with E-state index in [4.69, 9.17) is 9.47 Å². The summed E-state index contributed by atoms with van der Waals surface area (Å²) in [6, 6.07) is 29.1. The van der Waals surface area contributed by atoms with Crippen LogP contribution in [0, 0.1) is 0 Å². The molecule has 2 fully saturated rings. The maximum atomic E-state index is 13.5. The summed E-state index contributed by atoms with van der Waals surface area (Å²) in [5.74, 6) is 1.19. The number of pyridine rings is 4. The Balaban J connectivity index is 0.958. The van der Waals surface area contributed by atoms with Gasteiger partial charge in [-0.15, -0.1) is 0 Å². The van der Waals surface area contributed by atoms with Crippen LogP contribution in [0.4, 0.5) is 11.6 Å². The van der Waals surface area contributed by atoms with Crippen LogP contribution < -0.4 is 20.1 Å². The molecule has 0 aliphatic carbocycles. The Morgan fingerprint density at radius 1 is 0.537 bits per heavy atom. The fourth-order valence-corrected chi connectivity index (χ4v) is 7.00. The number of aromatic nitrogens is 4. The van der Waals surface area contributed by atoms with Crippen molar-refractivity contribution < 1.29 is 19.1 Å². The maximum Gasteiger partial charge on any atom is 0.275 e. The predicted octanol–water partition coefficient (Wildman–Crippen LogP) is 6.69. The highest BCUT2D eigenvalue weighted by Gasteiger charge is 2.18. The lowest BCUT2D eigenvalue weighted by atomic mass is 10.2. The quantitative estimate of drug-likeness (QED) is 0.133. The minimum Gasteiger partial charge on any atom is -0.491 e. The zero-order valence-corrected chi connectivity index (χ0v) is 30.0. The number of benzene rings is 2. The molecule has 12 heteroatoms. The Hall–Kier alpha value is -5.98. The summed E-state index contributed by atoms with van der Waals surface area (Å²) in [6.45, 7) is 7.17. The topological polar surface area (TPSA) is 135 Å². The Morgan fingerprint density at radius 2 is 0.963 bits per heavy atom. The number of rotatable bonds is 13. The van der Waals surface area contributed by atoms with Crippen molar-refractivity contribution in [3.63, 3.8) is 0 Å². The van der Waals surface area contributed by atoms with Gasteiger partial charge in [0.1, 0.15) is 47.7 Å². The normalized spacial score (nSPS) is 14.7. The smallest absolute Gasteiger partial charge is 0.275 e. The second-order valence-corrected chi connectivity index (χ2v) is 13.6. The van der Waals surface area contributed by atoms with Gasteiger partial charge in [0.15, 0.2) is 0 Å². The molecule has 2 aliphatic heterocycles. The van der Waals surface area contributed by atoms with Crippen molar-refractivity contribution in [3.05, 3.63) is 108 Å². The van der Waals surface area contributed by atoms with Crippen molar-refractivity contribution in [2.45, 2.75) is 25.7 Å². The van der Waals surface area contributed by atoms with Gasteiger partial charge in [-0.25, -0.2) is 19.9 Å². The molecule has 4 aromatic heterocycles. The number of anilines is 2. The van der Waals surface area contributed by atoms with Crippen LogP contribution in [-0.4, -0.2) is 94.0 Å². The number of ether oxygens (including phenoxy) is 2. The predicted molar refractivity (Wildman–Crippen MR) is 209 cm³/mol. The van der Waals surface area contributed by atoms with Crippen LogP contribution in [0.25, 0.3) is 33.2 Å². The summed E-state index contributed by atoms with van der Waals surface area (Å²) in [5.41, 5.74) is 2.65. The van der Waals surface area contributed by atoms with Crippen molar-refractivity contribution in [2.24, 2.45) is 0 Å². The second kappa shape index (κ2) is 16.4. The van der Waals surface area contributed by atoms with Gasteiger partial charge >= 0.3 is 0 Å². The highest BCUT2D eigenvalue weighted by Crippen LogP contribution is 2.29. The van der Waals surface area contributed by atoms with Gasteiger partial charge in [-0.3, -0.25) is 19.4 Å². The average molecular weight is 723 g/mol. The van der Waals surface area contributed by atoms with Gasteiger partial charge in [0.05, 0.1) is 22.4 Å². The zero-order chi connectivity index (χ0) is 36.7. The lowest BCUT2D eigenvalue weighted by molar-refractivity contribution is 0.101. The standard InChI is InChI=1S/C42H42N8O4/c51-41(47-39-27-37(29-11-1-3-13-31(29)45-39)53-25-23-49-19-5-6-20-49)35-17-9-15-33(43-35)34-16-10-18-36(44-34)42(52)48-40-28-38(30-12-2-4-14-32(30)46-40)54-26-24-50-21-7-8-22-50/h1-4,9-18,27-28H,5-8,19-26H2,(H,45,47,51)(H,46,48,52). The fourth-order valence-electron chi connectivity index (χ4n) is 7.00. The minimum atomic E-state index is -0.433. The largest absolute Gasteiger partial charge is 0.491 e. The van der Waals surface area contributed by atoms with Crippen molar-refractivity contribution in [3.8, 4) is 22.9 Å². The van der Waals surface area contributed by atoms with E-state index in [1.807, 2.05) is 48.5 Å². The van der Waals surface area contributed by atoms with E-state index >= 15 is 0 Å².